The molecule has 20 heavy (non-hydrogen) atoms. The van der Waals surface area contributed by atoms with Gasteiger partial charge in [-0.05, 0) is 24.6 Å². The molecule has 2 aromatic rings. The Balaban J connectivity index is 2.00. The first-order valence-electron chi connectivity index (χ1n) is 6.57. The Kier molecular flexibility index (Phi) is 4.63. The van der Waals surface area contributed by atoms with Crippen LogP contribution in [0.3, 0.4) is 0 Å². The first kappa shape index (κ1) is 14.4. The molecule has 1 heterocycles. The molecule has 0 aliphatic carbocycles. The predicted octanol–water partition coefficient (Wildman–Crippen LogP) is 2.29. The second-order valence-corrected chi connectivity index (χ2v) is 4.74. The van der Waals surface area contributed by atoms with E-state index >= 15 is 0 Å². The number of hydrogen-bond acceptors (Lipinski definition) is 4. The standard InChI is InChI=1S/C15H21N3O2/c1-11(13-9-17-18(2)10-13)16-8-12-5-6-14(19-3)15(7-12)20-4/h5-7,9-11,16H,8H2,1-4H3. The summed E-state index contributed by atoms with van der Waals surface area (Å²) < 4.78 is 12.3. The van der Waals surface area contributed by atoms with Crippen LogP contribution in [0, 0.1) is 0 Å². The molecule has 0 saturated carbocycles. The highest BCUT2D eigenvalue weighted by molar-refractivity contribution is 5.42. The fraction of sp³-hybridized carbons (Fsp3) is 0.400. The average Bonchev–Trinajstić information content (AvgIpc) is 2.91. The number of nitrogens with zero attached hydrogens (tertiary/aromatic N) is 2. The van der Waals surface area contributed by atoms with Crippen LogP contribution in [0.4, 0.5) is 0 Å². The summed E-state index contributed by atoms with van der Waals surface area (Å²) >= 11 is 0. The summed E-state index contributed by atoms with van der Waals surface area (Å²) in [7, 11) is 5.21. The Labute approximate surface area is 119 Å². The number of ether oxygens (including phenoxy) is 2. The van der Waals surface area contributed by atoms with Crippen LogP contribution in [0.15, 0.2) is 30.6 Å². The van der Waals surface area contributed by atoms with E-state index < -0.39 is 0 Å². The fourth-order valence-corrected chi connectivity index (χ4v) is 2.04. The number of hydrogen-bond donors (Lipinski definition) is 1. The van der Waals surface area contributed by atoms with E-state index in [0.29, 0.717) is 0 Å². The minimum Gasteiger partial charge on any atom is -0.493 e. The lowest BCUT2D eigenvalue weighted by molar-refractivity contribution is 0.354. The summed E-state index contributed by atoms with van der Waals surface area (Å²) in [6.45, 7) is 2.88. The summed E-state index contributed by atoms with van der Waals surface area (Å²) in [5, 5.41) is 7.65. The van der Waals surface area contributed by atoms with Crippen LogP contribution in [0.1, 0.15) is 24.1 Å². The molecule has 108 valence electrons. The third-order valence-electron chi connectivity index (χ3n) is 3.29. The average molecular weight is 275 g/mol. The lowest BCUT2D eigenvalue weighted by atomic mass is 10.1. The van der Waals surface area contributed by atoms with E-state index in [1.54, 1.807) is 14.2 Å². The van der Waals surface area contributed by atoms with Crippen LogP contribution in [0.25, 0.3) is 0 Å². The zero-order valence-electron chi connectivity index (χ0n) is 12.4. The topological polar surface area (TPSA) is 48.3 Å². The van der Waals surface area contributed by atoms with Gasteiger partial charge in [0.2, 0.25) is 0 Å². The highest BCUT2D eigenvalue weighted by Crippen LogP contribution is 2.27. The van der Waals surface area contributed by atoms with Gasteiger partial charge in [0.1, 0.15) is 0 Å². The zero-order valence-corrected chi connectivity index (χ0v) is 12.4. The maximum absolute atomic E-state index is 5.31. The van der Waals surface area contributed by atoms with Crippen molar-refractivity contribution >= 4 is 0 Å². The van der Waals surface area contributed by atoms with Crippen molar-refractivity contribution in [2.45, 2.75) is 19.5 Å². The van der Waals surface area contributed by atoms with E-state index in [2.05, 4.69) is 17.3 Å². The maximum Gasteiger partial charge on any atom is 0.161 e. The fourth-order valence-electron chi connectivity index (χ4n) is 2.04. The minimum absolute atomic E-state index is 0.247. The van der Waals surface area contributed by atoms with Crippen molar-refractivity contribution in [2.75, 3.05) is 14.2 Å². The first-order chi connectivity index (χ1) is 9.63. The second-order valence-electron chi connectivity index (χ2n) is 4.74. The molecule has 1 atom stereocenters. The Hall–Kier alpha value is -2.01. The van der Waals surface area contributed by atoms with E-state index in [-0.39, 0.29) is 6.04 Å². The molecule has 0 aliphatic rings. The molecule has 0 saturated heterocycles. The van der Waals surface area contributed by atoms with Gasteiger partial charge in [0.15, 0.2) is 11.5 Å². The van der Waals surface area contributed by atoms with E-state index in [1.165, 1.54) is 5.56 Å². The van der Waals surface area contributed by atoms with Crippen molar-refractivity contribution < 1.29 is 9.47 Å². The molecule has 5 heteroatoms. The second kappa shape index (κ2) is 6.43. The van der Waals surface area contributed by atoms with Gasteiger partial charge in [0.25, 0.3) is 0 Å². The number of methoxy groups -OCH3 is 2. The van der Waals surface area contributed by atoms with Gasteiger partial charge in [-0.1, -0.05) is 6.07 Å². The molecule has 1 N–H and O–H groups in total. The van der Waals surface area contributed by atoms with Gasteiger partial charge in [-0.25, -0.2) is 0 Å². The summed E-state index contributed by atoms with van der Waals surface area (Å²) in [5.41, 5.74) is 2.33. The van der Waals surface area contributed by atoms with Crippen molar-refractivity contribution in [3.8, 4) is 11.5 Å². The Bertz CT molecular complexity index is 566. The molecule has 0 spiro atoms. The minimum atomic E-state index is 0.247. The molecule has 0 fully saturated rings. The monoisotopic (exact) mass is 275 g/mol. The van der Waals surface area contributed by atoms with Gasteiger partial charge in [-0.2, -0.15) is 5.10 Å². The zero-order chi connectivity index (χ0) is 14.5. The summed E-state index contributed by atoms with van der Waals surface area (Å²) in [5.74, 6) is 1.50. The van der Waals surface area contributed by atoms with Gasteiger partial charge >= 0.3 is 0 Å². The molecular formula is C15H21N3O2. The quantitative estimate of drug-likeness (QED) is 0.878. The third kappa shape index (κ3) is 3.30. The molecular weight excluding hydrogens is 254 g/mol. The molecule has 0 radical (unpaired) electrons. The van der Waals surface area contributed by atoms with E-state index in [4.69, 9.17) is 9.47 Å². The van der Waals surface area contributed by atoms with Crippen LogP contribution in [-0.2, 0) is 13.6 Å². The summed E-state index contributed by atoms with van der Waals surface area (Å²) in [6, 6.07) is 6.19. The van der Waals surface area contributed by atoms with Gasteiger partial charge in [-0.3, -0.25) is 4.68 Å². The van der Waals surface area contributed by atoms with Gasteiger partial charge in [-0.15, -0.1) is 0 Å². The summed E-state index contributed by atoms with van der Waals surface area (Å²) in [4.78, 5) is 0. The maximum atomic E-state index is 5.31. The molecule has 5 nitrogen and oxygen atoms in total. The molecule has 0 bridgehead atoms. The number of rotatable bonds is 6. The highest BCUT2D eigenvalue weighted by Gasteiger charge is 2.08. The van der Waals surface area contributed by atoms with E-state index in [0.717, 1.165) is 23.6 Å². The SMILES string of the molecule is COc1ccc(CNC(C)c2cnn(C)c2)cc1OC. The third-order valence-corrected chi connectivity index (χ3v) is 3.29. The normalized spacial score (nSPS) is 12.2. The number of aromatic nitrogens is 2. The molecule has 0 aliphatic heterocycles. The van der Waals surface area contributed by atoms with Crippen LogP contribution in [0.2, 0.25) is 0 Å². The highest BCUT2D eigenvalue weighted by atomic mass is 16.5. The van der Waals surface area contributed by atoms with Crippen LogP contribution >= 0.6 is 0 Å². The predicted molar refractivity (Wildman–Crippen MR) is 78.0 cm³/mol. The van der Waals surface area contributed by atoms with Gasteiger partial charge in [0.05, 0.1) is 20.4 Å². The molecule has 0 amide bonds. The molecule has 2 rings (SSSR count). The van der Waals surface area contributed by atoms with Crippen LogP contribution in [0.5, 0.6) is 11.5 Å². The molecule has 1 unspecified atom stereocenters. The smallest absolute Gasteiger partial charge is 0.161 e. The Morgan fingerprint density at radius 3 is 2.60 bits per heavy atom. The first-order valence-corrected chi connectivity index (χ1v) is 6.57. The molecule has 1 aromatic heterocycles. The van der Waals surface area contributed by atoms with Crippen LogP contribution < -0.4 is 14.8 Å². The van der Waals surface area contributed by atoms with Crippen LogP contribution in [-0.4, -0.2) is 24.0 Å². The molecule has 1 aromatic carbocycles. The van der Waals surface area contributed by atoms with E-state index in [1.807, 2.05) is 42.3 Å². The van der Waals surface area contributed by atoms with Crippen molar-refractivity contribution in [3.63, 3.8) is 0 Å². The van der Waals surface area contributed by atoms with Gasteiger partial charge < -0.3 is 14.8 Å². The lowest BCUT2D eigenvalue weighted by Gasteiger charge is -2.13. The number of aryl methyl sites for hydroxylation is 1. The largest absolute Gasteiger partial charge is 0.493 e. The number of benzene rings is 1. The van der Waals surface area contributed by atoms with E-state index in [9.17, 15) is 0 Å². The lowest BCUT2D eigenvalue weighted by Crippen LogP contribution is -2.17. The summed E-state index contributed by atoms with van der Waals surface area (Å²) in [6.07, 6.45) is 3.90. The number of nitrogens with one attached hydrogen (secondary N) is 1. The van der Waals surface area contributed by atoms with Crippen molar-refractivity contribution in [3.05, 3.63) is 41.7 Å². The van der Waals surface area contributed by atoms with Crippen molar-refractivity contribution in [1.82, 2.24) is 15.1 Å². The van der Waals surface area contributed by atoms with Gasteiger partial charge in [0, 0.05) is 31.4 Å². The van der Waals surface area contributed by atoms with Crippen molar-refractivity contribution in [2.24, 2.45) is 7.05 Å². The Morgan fingerprint density at radius 1 is 1.25 bits per heavy atom. The Morgan fingerprint density at radius 2 is 2.00 bits per heavy atom. The van der Waals surface area contributed by atoms with Crippen molar-refractivity contribution in [1.29, 1.82) is 0 Å².